The predicted molar refractivity (Wildman–Crippen MR) is 112 cm³/mol. The maximum atomic E-state index is 12.6. The van der Waals surface area contributed by atoms with Crippen LogP contribution in [-0.2, 0) is 4.79 Å². The Hall–Kier alpha value is -2.76. The van der Waals surface area contributed by atoms with E-state index < -0.39 is 0 Å². The zero-order chi connectivity index (χ0) is 20.2. The van der Waals surface area contributed by atoms with Crippen molar-refractivity contribution in [2.45, 2.75) is 44.8 Å². The number of methoxy groups -OCH3 is 1. The number of pyridine rings is 1. The van der Waals surface area contributed by atoms with Crippen LogP contribution in [0, 0.1) is 12.8 Å². The molecule has 0 radical (unpaired) electrons. The Kier molecular flexibility index (Phi) is 5.88. The van der Waals surface area contributed by atoms with Gasteiger partial charge in [-0.05, 0) is 62.4 Å². The number of nitrogens with zero attached hydrogens (tertiary/aromatic N) is 2. The van der Waals surface area contributed by atoms with Crippen molar-refractivity contribution in [3.8, 4) is 11.5 Å². The molecular formula is C23H29N3O3. The fraction of sp³-hybridized carbons (Fsp3) is 0.478. The van der Waals surface area contributed by atoms with Gasteiger partial charge in [0, 0.05) is 31.2 Å². The molecule has 0 unspecified atom stereocenters. The minimum absolute atomic E-state index is 0.0459. The van der Waals surface area contributed by atoms with E-state index in [0.29, 0.717) is 0 Å². The van der Waals surface area contributed by atoms with Crippen molar-refractivity contribution in [3.05, 3.63) is 48.2 Å². The van der Waals surface area contributed by atoms with Gasteiger partial charge in [-0.25, -0.2) is 4.98 Å². The van der Waals surface area contributed by atoms with E-state index in [2.05, 4.69) is 15.2 Å². The number of carbonyl (C=O) groups excluding carboxylic acids is 1. The van der Waals surface area contributed by atoms with E-state index >= 15 is 0 Å². The van der Waals surface area contributed by atoms with Gasteiger partial charge in [0.2, 0.25) is 5.91 Å². The molecule has 29 heavy (non-hydrogen) atoms. The van der Waals surface area contributed by atoms with Crippen LogP contribution in [0.1, 0.15) is 31.2 Å². The van der Waals surface area contributed by atoms with Crippen molar-refractivity contribution in [3.63, 3.8) is 0 Å². The number of aryl methyl sites for hydroxylation is 1. The van der Waals surface area contributed by atoms with Gasteiger partial charge in [-0.3, -0.25) is 4.79 Å². The van der Waals surface area contributed by atoms with Crippen LogP contribution in [0.15, 0.2) is 42.6 Å². The highest BCUT2D eigenvalue weighted by Crippen LogP contribution is 2.36. The molecule has 1 aliphatic heterocycles. The first kappa shape index (κ1) is 19.6. The SMILES string of the molecule is COc1ccc(C)cc1OC1CC(C(=O)NC2CCN(c3ccccn3)CC2)C1. The Morgan fingerprint density at radius 3 is 2.62 bits per heavy atom. The summed E-state index contributed by atoms with van der Waals surface area (Å²) in [6, 6.07) is 12.1. The van der Waals surface area contributed by atoms with E-state index in [-0.39, 0.29) is 24.0 Å². The summed E-state index contributed by atoms with van der Waals surface area (Å²) in [5.41, 5.74) is 1.13. The average Bonchev–Trinajstić information content (AvgIpc) is 2.71. The summed E-state index contributed by atoms with van der Waals surface area (Å²) < 4.78 is 11.4. The van der Waals surface area contributed by atoms with Crippen LogP contribution in [0.25, 0.3) is 0 Å². The highest BCUT2D eigenvalue weighted by atomic mass is 16.5. The first-order chi connectivity index (χ1) is 14.1. The first-order valence-electron chi connectivity index (χ1n) is 10.4. The zero-order valence-corrected chi connectivity index (χ0v) is 17.1. The molecule has 1 saturated heterocycles. The summed E-state index contributed by atoms with van der Waals surface area (Å²) in [4.78, 5) is 19.3. The van der Waals surface area contributed by atoms with Crippen molar-refractivity contribution in [2.75, 3.05) is 25.1 Å². The molecule has 0 spiro atoms. The maximum Gasteiger partial charge on any atom is 0.223 e. The Balaban J connectivity index is 1.21. The molecule has 2 heterocycles. The molecule has 6 nitrogen and oxygen atoms in total. The number of benzene rings is 1. The van der Waals surface area contributed by atoms with Crippen molar-refractivity contribution in [2.24, 2.45) is 5.92 Å². The second-order valence-corrected chi connectivity index (χ2v) is 8.02. The summed E-state index contributed by atoms with van der Waals surface area (Å²) in [6.45, 7) is 3.87. The third-order valence-corrected chi connectivity index (χ3v) is 5.89. The molecule has 2 aliphatic rings. The molecule has 0 atom stereocenters. The number of ether oxygens (including phenoxy) is 2. The minimum Gasteiger partial charge on any atom is -0.493 e. The molecule has 1 N–H and O–H groups in total. The summed E-state index contributed by atoms with van der Waals surface area (Å²) in [7, 11) is 1.65. The van der Waals surface area contributed by atoms with Gasteiger partial charge >= 0.3 is 0 Å². The molecular weight excluding hydrogens is 366 g/mol. The summed E-state index contributed by atoms with van der Waals surface area (Å²) >= 11 is 0. The minimum atomic E-state index is 0.0459. The monoisotopic (exact) mass is 395 g/mol. The number of hydrogen-bond acceptors (Lipinski definition) is 5. The number of aromatic nitrogens is 1. The Morgan fingerprint density at radius 1 is 1.14 bits per heavy atom. The first-order valence-corrected chi connectivity index (χ1v) is 10.4. The van der Waals surface area contributed by atoms with Gasteiger partial charge < -0.3 is 19.7 Å². The molecule has 1 aromatic carbocycles. The summed E-state index contributed by atoms with van der Waals surface area (Å²) in [6.07, 6.45) is 5.33. The Morgan fingerprint density at radius 2 is 1.93 bits per heavy atom. The quantitative estimate of drug-likeness (QED) is 0.813. The van der Waals surface area contributed by atoms with Crippen LogP contribution in [-0.4, -0.2) is 43.2 Å². The highest BCUT2D eigenvalue weighted by Gasteiger charge is 2.37. The lowest BCUT2D eigenvalue weighted by Gasteiger charge is -2.37. The van der Waals surface area contributed by atoms with Gasteiger partial charge in [-0.2, -0.15) is 0 Å². The number of amides is 1. The number of anilines is 1. The molecule has 154 valence electrons. The van der Waals surface area contributed by atoms with Gasteiger partial charge in [-0.1, -0.05) is 12.1 Å². The number of rotatable bonds is 6. The van der Waals surface area contributed by atoms with E-state index in [1.54, 1.807) is 7.11 Å². The van der Waals surface area contributed by atoms with Crippen LogP contribution in [0.5, 0.6) is 11.5 Å². The average molecular weight is 396 g/mol. The van der Waals surface area contributed by atoms with Crippen molar-refractivity contribution in [1.82, 2.24) is 10.3 Å². The molecule has 0 bridgehead atoms. The molecule has 1 saturated carbocycles. The number of hydrogen-bond donors (Lipinski definition) is 1. The Labute approximate surface area is 172 Å². The predicted octanol–water partition coefficient (Wildman–Crippen LogP) is 3.34. The topological polar surface area (TPSA) is 63.7 Å². The lowest BCUT2D eigenvalue weighted by molar-refractivity contribution is -0.131. The Bertz CT molecular complexity index is 829. The standard InChI is InChI=1S/C23H29N3O3/c1-16-6-7-20(28-2)21(13-16)29-19-14-17(15-19)23(27)25-18-8-11-26(12-9-18)22-5-3-4-10-24-22/h3-7,10,13,17-19H,8-9,11-12,14-15H2,1-2H3,(H,25,27). The number of piperidine rings is 1. The fourth-order valence-corrected chi connectivity index (χ4v) is 4.04. The van der Waals surface area contributed by atoms with Crippen LogP contribution in [0.3, 0.4) is 0 Å². The van der Waals surface area contributed by atoms with Crippen molar-refractivity contribution in [1.29, 1.82) is 0 Å². The lowest BCUT2D eigenvalue weighted by Crippen LogP contribution is -2.50. The molecule has 4 rings (SSSR count). The van der Waals surface area contributed by atoms with E-state index in [1.165, 1.54) is 0 Å². The molecule has 2 aromatic rings. The van der Waals surface area contributed by atoms with Gasteiger partial charge in [0.05, 0.1) is 7.11 Å². The molecule has 1 aliphatic carbocycles. The fourth-order valence-electron chi connectivity index (χ4n) is 4.04. The second kappa shape index (κ2) is 8.72. The maximum absolute atomic E-state index is 12.6. The molecule has 6 heteroatoms. The van der Waals surface area contributed by atoms with E-state index in [0.717, 1.165) is 61.7 Å². The van der Waals surface area contributed by atoms with Crippen LogP contribution >= 0.6 is 0 Å². The van der Waals surface area contributed by atoms with Crippen molar-refractivity contribution >= 4 is 11.7 Å². The van der Waals surface area contributed by atoms with E-state index in [1.807, 2.05) is 49.5 Å². The van der Waals surface area contributed by atoms with Crippen LogP contribution < -0.4 is 19.7 Å². The van der Waals surface area contributed by atoms with Crippen molar-refractivity contribution < 1.29 is 14.3 Å². The number of nitrogens with one attached hydrogen (secondary N) is 1. The summed E-state index contributed by atoms with van der Waals surface area (Å²) in [5.74, 6) is 2.73. The van der Waals surface area contributed by atoms with Gasteiger partial charge in [0.15, 0.2) is 11.5 Å². The summed E-state index contributed by atoms with van der Waals surface area (Å²) in [5, 5.41) is 3.24. The molecule has 2 fully saturated rings. The van der Waals surface area contributed by atoms with Gasteiger partial charge in [-0.15, -0.1) is 0 Å². The normalized spacial score (nSPS) is 21.9. The van der Waals surface area contributed by atoms with Gasteiger partial charge in [0.25, 0.3) is 0 Å². The zero-order valence-electron chi connectivity index (χ0n) is 17.1. The highest BCUT2D eigenvalue weighted by molar-refractivity contribution is 5.80. The third-order valence-electron chi connectivity index (χ3n) is 5.89. The molecule has 1 amide bonds. The second-order valence-electron chi connectivity index (χ2n) is 8.02. The van der Waals surface area contributed by atoms with Crippen LogP contribution in [0.4, 0.5) is 5.82 Å². The van der Waals surface area contributed by atoms with Gasteiger partial charge in [0.1, 0.15) is 11.9 Å². The lowest BCUT2D eigenvalue weighted by atomic mass is 9.81. The molecule has 1 aromatic heterocycles. The largest absolute Gasteiger partial charge is 0.493 e. The van der Waals surface area contributed by atoms with Crippen LogP contribution in [0.2, 0.25) is 0 Å². The van der Waals surface area contributed by atoms with E-state index in [4.69, 9.17) is 9.47 Å². The van der Waals surface area contributed by atoms with E-state index in [9.17, 15) is 4.79 Å². The third kappa shape index (κ3) is 4.63. The smallest absolute Gasteiger partial charge is 0.223 e. The number of carbonyl (C=O) groups is 1.